The quantitative estimate of drug-likeness (QED) is 0.657. The van der Waals surface area contributed by atoms with Gasteiger partial charge >= 0.3 is 0 Å². The second kappa shape index (κ2) is 8.11. The van der Waals surface area contributed by atoms with Crippen molar-refractivity contribution in [2.24, 2.45) is 0 Å². The average Bonchev–Trinajstić information content (AvgIpc) is 3.19. The first-order valence-electron chi connectivity index (χ1n) is 10.5. The zero-order valence-electron chi connectivity index (χ0n) is 18.6. The number of rotatable bonds is 4. The van der Waals surface area contributed by atoms with Gasteiger partial charge in [0.25, 0.3) is 0 Å². The summed E-state index contributed by atoms with van der Waals surface area (Å²) >= 11 is 0. The van der Waals surface area contributed by atoms with E-state index in [2.05, 4.69) is 82.7 Å². The summed E-state index contributed by atoms with van der Waals surface area (Å²) in [6, 6.07) is 16.7. The molecule has 1 aliphatic rings. The van der Waals surface area contributed by atoms with E-state index in [-0.39, 0.29) is 5.41 Å². The molecule has 0 radical (unpaired) electrons. The van der Waals surface area contributed by atoms with Gasteiger partial charge in [0, 0.05) is 37.8 Å². The zero-order valence-corrected chi connectivity index (χ0v) is 18.6. The number of nitrogens with zero attached hydrogens (tertiary/aromatic N) is 5. The summed E-state index contributed by atoms with van der Waals surface area (Å²) in [5.41, 5.74) is 3.42. The van der Waals surface area contributed by atoms with Gasteiger partial charge in [0.05, 0.1) is 12.8 Å². The van der Waals surface area contributed by atoms with Crippen LogP contribution in [0.15, 0.2) is 48.5 Å². The smallest absolute Gasteiger partial charge is 0.232 e. The fraction of sp³-hybridized carbons (Fsp3) is 0.417. The molecular weight excluding hydrogens is 374 g/mol. The first-order chi connectivity index (χ1) is 14.4. The number of piperazine rings is 1. The Balaban J connectivity index is 1.85. The van der Waals surface area contributed by atoms with Crippen LogP contribution in [0, 0.1) is 0 Å². The van der Waals surface area contributed by atoms with Crippen LogP contribution in [0.2, 0.25) is 0 Å². The Hall–Kier alpha value is -2.86. The molecule has 3 aromatic rings. The van der Waals surface area contributed by atoms with Crippen LogP contribution in [-0.4, -0.2) is 60.0 Å². The van der Waals surface area contributed by atoms with Crippen LogP contribution in [0.4, 0.5) is 5.95 Å². The van der Waals surface area contributed by atoms with Crippen molar-refractivity contribution in [3.05, 3.63) is 54.1 Å². The molecule has 1 saturated heterocycles. The highest BCUT2D eigenvalue weighted by atomic mass is 16.5. The summed E-state index contributed by atoms with van der Waals surface area (Å²) in [6.07, 6.45) is 0. The summed E-state index contributed by atoms with van der Waals surface area (Å²) in [6.45, 7) is 10.6. The van der Waals surface area contributed by atoms with Crippen LogP contribution >= 0.6 is 0 Å². The van der Waals surface area contributed by atoms with Gasteiger partial charge in [-0.1, -0.05) is 45.0 Å². The van der Waals surface area contributed by atoms with Crippen LogP contribution in [0.5, 0.6) is 5.75 Å². The number of hydrogen-bond acceptors (Lipinski definition) is 5. The van der Waals surface area contributed by atoms with E-state index in [9.17, 15) is 0 Å². The SMILES string of the molecule is COc1cccc(-n2c(-c3cccc(C(C)(C)C)c3)nnc2N2CCN(C)CC2)c1. The molecule has 4 rings (SSSR count). The summed E-state index contributed by atoms with van der Waals surface area (Å²) in [5, 5.41) is 9.30. The lowest BCUT2D eigenvalue weighted by Crippen LogP contribution is -2.45. The van der Waals surface area contributed by atoms with E-state index in [1.54, 1.807) is 7.11 Å². The maximum atomic E-state index is 5.49. The lowest BCUT2D eigenvalue weighted by molar-refractivity contribution is 0.310. The molecule has 0 spiro atoms. The van der Waals surface area contributed by atoms with E-state index in [0.29, 0.717) is 0 Å². The van der Waals surface area contributed by atoms with Crippen molar-refractivity contribution in [2.45, 2.75) is 26.2 Å². The fourth-order valence-corrected chi connectivity index (χ4v) is 3.79. The highest BCUT2D eigenvalue weighted by Crippen LogP contribution is 2.32. The first kappa shape index (κ1) is 20.4. The van der Waals surface area contributed by atoms with Crippen molar-refractivity contribution in [1.82, 2.24) is 19.7 Å². The summed E-state index contributed by atoms with van der Waals surface area (Å²) in [5.74, 6) is 2.55. The molecule has 1 fully saturated rings. The standard InChI is InChI=1S/C24H31N5O/c1-24(2,3)19-9-6-8-18(16-19)22-25-26-23(28-14-12-27(4)13-15-28)29(22)20-10-7-11-21(17-20)30-5/h6-11,16-17H,12-15H2,1-5H3. The van der Waals surface area contributed by atoms with E-state index >= 15 is 0 Å². The first-order valence-corrected chi connectivity index (χ1v) is 10.5. The van der Waals surface area contributed by atoms with E-state index in [0.717, 1.165) is 55.0 Å². The number of benzene rings is 2. The predicted octanol–water partition coefficient (Wildman–Crippen LogP) is 3.99. The molecule has 0 bridgehead atoms. The zero-order chi connectivity index (χ0) is 21.3. The van der Waals surface area contributed by atoms with Gasteiger partial charge in [-0.2, -0.15) is 0 Å². The van der Waals surface area contributed by atoms with Crippen molar-refractivity contribution in [1.29, 1.82) is 0 Å². The second-order valence-corrected chi connectivity index (χ2v) is 8.98. The van der Waals surface area contributed by atoms with Gasteiger partial charge in [-0.3, -0.25) is 4.57 Å². The third-order valence-corrected chi connectivity index (χ3v) is 5.73. The molecule has 6 nitrogen and oxygen atoms in total. The molecular formula is C24H31N5O. The van der Waals surface area contributed by atoms with E-state index < -0.39 is 0 Å². The highest BCUT2D eigenvalue weighted by molar-refractivity contribution is 5.64. The summed E-state index contributed by atoms with van der Waals surface area (Å²) in [4.78, 5) is 4.67. The van der Waals surface area contributed by atoms with Crippen LogP contribution in [-0.2, 0) is 5.41 Å². The third-order valence-electron chi connectivity index (χ3n) is 5.73. The predicted molar refractivity (Wildman–Crippen MR) is 122 cm³/mol. The Morgan fingerprint density at radius 2 is 1.63 bits per heavy atom. The van der Waals surface area contributed by atoms with E-state index in [1.807, 2.05) is 18.2 Å². The lowest BCUT2D eigenvalue weighted by atomic mass is 9.86. The summed E-state index contributed by atoms with van der Waals surface area (Å²) < 4.78 is 7.65. The van der Waals surface area contributed by atoms with Gasteiger partial charge < -0.3 is 14.5 Å². The molecule has 158 valence electrons. The molecule has 0 N–H and O–H groups in total. The Morgan fingerprint density at radius 1 is 0.900 bits per heavy atom. The van der Waals surface area contributed by atoms with Gasteiger partial charge in [-0.15, -0.1) is 10.2 Å². The minimum absolute atomic E-state index is 0.0666. The minimum atomic E-state index is 0.0666. The van der Waals surface area contributed by atoms with Gasteiger partial charge in [-0.25, -0.2) is 0 Å². The second-order valence-electron chi connectivity index (χ2n) is 8.98. The minimum Gasteiger partial charge on any atom is -0.497 e. The molecule has 1 aliphatic heterocycles. The largest absolute Gasteiger partial charge is 0.497 e. The third kappa shape index (κ3) is 4.05. The van der Waals surface area contributed by atoms with Crippen LogP contribution in [0.3, 0.4) is 0 Å². The molecule has 0 atom stereocenters. The van der Waals surface area contributed by atoms with E-state index in [4.69, 9.17) is 4.74 Å². The normalized spacial score (nSPS) is 15.4. The fourth-order valence-electron chi connectivity index (χ4n) is 3.79. The van der Waals surface area contributed by atoms with Gasteiger partial charge in [0.1, 0.15) is 5.75 Å². The molecule has 30 heavy (non-hydrogen) atoms. The molecule has 2 heterocycles. The average molecular weight is 406 g/mol. The van der Waals surface area contributed by atoms with Gasteiger partial charge in [-0.05, 0) is 36.2 Å². The van der Waals surface area contributed by atoms with Crippen LogP contribution in [0.25, 0.3) is 17.1 Å². The molecule has 0 aliphatic carbocycles. The Morgan fingerprint density at radius 3 is 2.33 bits per heavy atom. The number of anilines is 1. The van der Waals surface area contributed by atoms with Crippen molar-refractivity contribution in [3.63, 3.8) is 0 Å². The Kier molecular flexibility index (Phi) is 5.52. The monoisotopic (exact) mass is 405 g/mol. The lowest BCUT2D eigenvalue weighted by Gasteiger charge is -2.33. The van der Waals surface area contributed by atoms with Gasteiger partial charge in [0.2, 0.25) is 5.95 Å². The Bertz CT molecular complexity index is 1010. The maximum absolute atomic E-state index is 5.49. The molecule has 0 saturated carbocycles. The molecule has 0 amide bonds. The maximum Gasteiger partial charge on any atom is 0.232 e. The van der Waals surface area contributed by atoms with Crippen LogP contribution in [0.1, 0.15) is 26.3 Å². The number of likely N-dealkylation sites (N-methyl/N-ethyl adjacent to an activating group) is 1. The topological polar surface area (TPSA) is 46.4 Å². The molecule has 2 aromatic carbocycles. The summed E-state index contributed by atoms with van der Waals surface area (Å²) in [7, 11) is 3.86. The highest BCUT2D eigenvalue weighted by Gasteiger charge is 2.24. The van der Waals surface area contributed by atoms with Crippen molar-refractivity contribution >= 4 is 5.95 Å². The number of ether oxygens (including phenoxy) is 1. The molecule has 6 heteroatoms. The van der Waals surface area contributed by atoms with Gasteiger partial charge in [0.15, 0.2) is 5.82 Å². The van der Waals surface area contributed by atoms with Crippen molar-refractivity contribution < 1.29 is 4.74 Å². The number of aromatic nitrogens is 3. The van der Waals surface area contributed by atoms with Crippen molar-refractivity contribution in [2.75, 3.05) is 45.2 Å². The number of methoxy groups -OCH3 is 1. The Labute approximate surface area is 179 Å². The molecule has 0 unspecified atom stereocenters. The van der Waals surface area contributed by atoms with Crippen LogP contribution < -0.4 is 9.64 Å². The number of hydrogen-bond donors (Lipinski definition) is 0. The molecule has 1 aromatic heterocycles. The van der Waals surface area contributed by atoms with Crippen molar-refractivity contribution in [3.8, 4) is 22.8 Å². The van der Waals surface area contributed by atoms with E-state index in [1.165, 1.54) is 5.56 Å².